The van der Waals surface area contributed by atoms with Gasteiger partial charge in [0, 0.05) is 24.2 Å². The highest BCUT2D eigenvalue weighted by Crippen LogP contribution is 2.20. The predicted octanol–water partition coefficient (Wildman–Crippen LogP) is 3.69. The Bertz CT molecular complexity index is 436. The molecule has 1 atom stereocenters. The zero-order valence-electron chi connectivity index (χ0n) is 12.3. The van der Waals surface area contributed by atoms with Gasteiger partial charge in [0.1, 0.15) is 5.82 Å². The van der Waals surface area contributed by atoms with E-state index >= 15 is 0 Å². The second-order valence-electron chi connectivity index (χ2n) is 6.10. The van der Waals surface area contributed by atoms with Gasteiger partial charge >= 0.3 is 0 Å². The van der Waals surface area contributed by atoms with Gasteiger partial charge in [0.2, 0.25) is 0 Å². The molecule has 1 N–H and O–H groups in total. The first-order valence-corrected chi connectivity index (χ1v) is 7.82. The van der Waals surface area contributed by atoms with E-state index in [0.29, 0.717) is 17.0 Å². The molecule has 1 saturated heterocycles. The molecule has 0 spiro atoms. The lowest BCUT2D eigenvalue weighted by molar-refractivity contribution is 0.247. The second kappa shape index (κ2) is 7.39. The highest BCUT2D eigenvalue weighted by atomic mass is 35.5. The fraction of sp³-hybridized carbons (Fsp3) is 0.625. The summed E-state index contributed by atoms with van der Waals surface area (Å²) in [6, 6.07) is 5.23. The molecule has 0 aromatic heterocycles. The van der Waals surface area contributed by atoms with Gasteiger partial charge in [-0.3, -0.25) is 4.90 Å². The Kier molecular flexibility index (Phi) is 5.82. The minimum absolute atomic E-state index is 0.269. The lowest BCUT2D eigenvalue weighted by Gasteiger charge is -2.25. The number of hydrogen-bond acceptors (Lipinski definition) is 2. The molecule has 2 rings (SSSR count). The van der Waals surface area contributed by atoms with Crippen molar-refractivity contribution in [3.63, 3.8) is 0 Å². The van der Waals surface area contributed by atoms with Crippen LogP contribution in [0.1, 0.15) is 32.3 Å². The summed E-state index contributed by atoms with van der Waals surface area (Å²) in [4.78, 5) is 2.42. The first kappa shape index (κ1) is 15.7. The summed E-state index contributed by atoms with van der Waals surface area (Å²) in [6.45, 7) is 8.49. The van der Waals surface area contributed by atoms with Crippen LogP contribution in [0.5, 0.6) is 0 Å². The monoisotopic (exact) mass is 298 g/mol. The van der Waals surface area contributed by atoms with Crippen molar-refractivity contribution in [2.24, 2.45) is 5.92 Å². The van der Waals surface area contributed by atoms with Crippen LogP contribution < -0.4 is 5.32 Å². The topological polar surface area (TPSA) is 15.3 Å². The SMILES string of the molecule is CC(C)CC1CN(Cc2ccc(F)cc2Cl)CCCN1. The van der Waals surface area contributed by atoms with E-state index in [2.05, 4.69) is 24.1 Å². The third-order valence-corrected chi connectivity index (χ3v) is 4.08. The molecule has 112 valence electrons. The van der Waals surface area contributed by atoms with E-state index in [1.165, 1.54) is 18.6 Å². The van der Waals surface area contributed by atoms with Crippen LogP contribution in [0.2, 0.25) is 5.02 Å². The molecular formula is C16H24ClFN2. The summed E-state index contributed by atoms with van der Waals surface area (Å²) in [5.41, 5.74) is 1.01. The first-order chi connectivity index (χ1) is 9.54. The van der Waals surface area contributed by atoms with Crippen molar-refractivity contribution in [1.29, 1.82) is 0 Å². The van der Waals surface area contributed by atoms with Gasteiger partial charge in [0.15, 0.2) is 0 Å². The molecule has 1 aromatic carbocycles. The molecule has 1 aliphatic heterocycles. The number of hydrogen-bond donors (Lipinski definition) is 1. The molecule has 0 saturated carbocycles. The van der Waals surface area contributed by atoms with Crippen molar-refractivity contribution in [1.82, 2.24) is 10.2 Å². The molecular weight excluding hydrogens is 275 g/mol. The second-order valence-corrected chi connectivity index (χ2v) is 6.51. The maximum absolute atomic E-state index is 13.1. The van der Waals surface area contributed by atoms with Gasteiger partial charge in [-0.1, -0.05) is 31.5 Å². The zero-order valence-corrected chi connectivity index (χ0v) is 13.1. The summed E-state index contributed by atoms with van der Waals surface area (Å²) >= 11 is 6.13. The van der Waals surface area contributed by atoms with Crippen LogP contribution in [-0.2, 0) is 6.54 Å². The smallest absolute Gasteiger partial charge is 0.124 e. The van der Waals surface area contributed by atoms with Gasteiger partial charge in [-0.15, -0.1) is 0 Å². The van der Waals surface area contributed by atoms with E-state index < -0.39 is 0 Å². The molecule has 1 unspecified atom stereocenters. The van der Waals surface area contributed by atoms with Crippen molar-refractivity contribution in [3.8, 4) is 0 Å². The predicted molar refractivity (Wildman–Crippen MR) is 82.5 cm³/mol. The minimum Gasteiger partial charge on any atom is -0.313 e. The largest absolute Gasteiger partial charge is 0.313 e. The molecule has 20 heavy (non-hydrogen) atoms. The Hall–Kier alpha value is -0.640. The van der Waals surface area contributed by atoms with Crippen LogP contribution in [0.3, 0.4) is 0 Å². The normalized spacial score (nSPS) is 21.1. The maximum Gasteiger partial charge on any atom is 0.124 e. The van der Waals surface area contributed by atoms with Gasteiger partial charge in [-0.05, 0) is 49.5 Å². The maximum atomic E-state index is 13.1. The Balaban J connectivity index is 1.99. The molecule has 1 aromatic rings. The summed E-state index contributed by atoms with van der Waals surface area (Å²) in [6.07, 6.45) is 2.33. The average Bonchev–Trinajstić information content (AvgIpc) is 2.57. The lowest BCUT2D eigenvalue weighted by Crippen LogP contribution is -2.38. The van der Waals surface area contributed by atoms with E-state index in [1.54, 1.807) is 6.07 Å². The average molecular weight is 299 g/mol. The van der Waals surface area contributed by atoms with Gasteiger partial charge in [0.25, 0.3) is 0 Å². The number of benzene rings is 1. The number of nitrogens with zero attached hydrogens (tertiary/aromatic N) is 1. The van der Waals surface area contributed by atoms with Crippen molar-refractivity contribution in [2.45, 2.75) is 39.3 Å². The van der Waals surface area contributed by atoms with Gasteiger partial charge in [-0.25, -0.2) is 4.39 Å². The highest BCUT2D eigenvalue weighted by Gasteiger charge is 2.19. The van der Waals surface area contributed by atoms with E-state index in [-0.39, 0.29) is 5.82 Å². The standard InChI is InChI=1S/C16H24ClFN2/c1-12(2)8-15-11-20(7-3-6-19-15)10-13-4-5-14(18)9-16(13)17/h4-5,9,12,15,19H,3,6-8,10-11H2,1-2H3. The summed E-state index contributed by atoms with van der Waals surface area (Å²) < 4.78 is 13.1. The molecule has 4 heteroatoms. The molecule has 1 heterocycles. The summed E-state index contributed by atoms with van der Waals surface area (Å²) in [5.74, 6) is 0.427. The van der Waals surface area contributed by atoms with Gasteiger partial charge in [-0.2, -0.15) is 0 Å². The van der Waals surface area contributed by atoms with Crippen LogP contribution in [0.15, 0.2) is 18.2 Å². The fourth-order valence-corrected chi connectivity index (χ4v) is 3.06. The van der Waals surface area contributed by atoms with Crippen molar-refractivity contribution in [2.75, 3.05) is 19.6 Å². The highest BCUT2D eigenvalue weighted by molar-refractivity contribution is 6.31. The van der Waals surface area contributed by atoms with Crippen LogP contribution in [0.4, 0.5) is 4.39 Å². The quantitative estimate of drug-likeness (QED) is 0.912. The van der Waals surface area contributed by atoms with Crippen molar-refractivity contribution in [3.05, 3.63) is 34.6 Å². The Morgan fingerprint density at radius 1 is 1.45 bits per heavy atom. The number of halogens is 2. The third kappa shape index (κ3) is 4.72. The molecule has 0 radical (unpaired) electrons. The summed E-state index contributed by atoms with van der Waals surface area (Å²) in [5, 5.41) is 4.15. The molecule has 0 aliphatic carbocycles. The zero-order chi connectivity index (χ0) is 14.5. The molecule has 1 fully saturated rings. The van der Waals surface area contributed by atoms with Gasteiger partial charge < -0.3 is 5.32 Å². The molecule has 0 bridgehead atoms. The van der Waals surface area contributed by atoms with E-state index in [4.69, 9.17) is 11.6 Å². The molecule has 2 nitrogen and oxygen atoms in total. The molecule has 0 amide bonds. The van der Waals surface area contributed by atoms with Crippen LogP contribution in [0, 0.1) is 11.7 Å². The van der Waals surface area contributed by atoms with Gasteiger partial charge in [0.05, 0.1) is 0 Å². The van der Waals surface area contributed by atoms with Crippen LogP contribution in [0.25, 0.3) is 0 Å². The number of rotatable bonds is 4. The van der Waals surface area contributed by atoms with E-state index in [0.717, 1.165) is 38.2 Å². The fourth-order valence-electron chi connectivity index (χ4n) is 2.84. The third-order valence-electron chi connectivity index (χ3n) is 3.73. The minimum atomic E-state index is -0.269. The Labute approximate surface area is 126 Å². The van der Waals surface area contributed by atoms with E-state index in [1.807, 2.05) is 0 Å². The Morgan fingerprint density at radius 2 is 2.25 bits per heavy atom. The van der Waals surface area contributed by atoms with Crippen LogP contribution in [-0.4, -0.2) is 30.6 Å². The number of nitrogens with one attached hydrogen (secondary N) is 1. The van der Waals surface area contributed by atoms with Crippen molar-refractivity contribution < 1.29 is 4.39 Å². The summed E-state index contributed by atoms with van der Waals surface area (Å²) in [7, 11) is 0. The Morgan fingerprint density at radius 3 is 2.95 bits per heavy atom. The lowest BCUT2D eigenvalue weighted by atomic mass is 10.0. The molecule has 1 aliphatic rings. The van der Waals surface area contributed by atoms with Crippen LogP contribution >= 0.6 is 11.6 Å². The van der Waals surface area contributed by atoms with Crippen molar-refractivity contribution >= 4 is 11.6 Å². The first-order valence-electron chi connectivity index (χ1n) is 7.44. The van der Waals surface area contributed by atoms with E-state index in [9.17, 15) is 4.39 Å².